The van der Waals surface area contributed by atoms with Gasteiger partial charge in [0.25, 0.3) is 0 Å². The first-order valence-electron chi connectivity index (χ1n) is 11.0. The molecule has 0 atom stereocenters. The summed E-state index contributed by atoms with van der Waals surface area (Å²) < 4.78 is 8.11. The Morgan fingerprint density at radius 3 is 2.50 bits per heavy atom. The van der Waals surface area contributed by atoms with Crippen molar-refractivity contribution < 1.29 is 4.74 Å². The normalized spacial score (nSPS) is 11.0. The SMILES string of the molecule is c1ccc(-c2ccc3cc(COc4ccc(CCCn5ccnc5)cc4)cnc3c2)cc1. The van der Waals surface area contributed by atoms with Crippen LogP contribution in [0.2, 0.25) is 0 Å². The average molecular weight is 420 g/mol. The molecule has 2 aromatic heterocycles. The number of pyridine rings is 1. The maximum Gasteiger partial charge on any atom is 0.119 e. The molecule has 0 spiro atoms. The van der Waals surface area contributed by atoms with Crippen molar-refractivity contribution in [2.45, 2.75) is 26.0 Å². The van der Waals surface area contributed by atoms with Gasteiger partial charge in [0.1, 0.15) is 12.4 Å². The number of ether oxygens (including phenoxy) is 1. The summed E-state index contributed by atoms with van der Waals surface area (Å²) in [5, 5.41) is 1.12. The van der Waals surface area contributed by atoms with E-state index < -0.39 is 0 Å². The van der Waals surface area contributed by atoms with Crippen LogP contribution in [0.25, 0.3) is 22.0 Å². The van der Waals surface area contributed by atoms with Gasteiger partial charge in [0.15, 0.2) is 0 Å². The van der Waals surface area contributed by atoms with Crippen LogP contribution in [-0.4, -0.2) is 14.5 Å². The number of aryl methyl sites for hydroxylation is 2. The summed E-state index contributed by atoms with van der Waals surface area (Å²) in [4.78, 5) is 8.74. The van der Waals surface area contributed by atoms with Gasteiger partial charge in [0.05, 0.1) is 11.8 Å². The predicted molar refractivity (Wildman–Crippen MR) is 129 cm³/mol. The second-order valence-electron chi connectivity index (χ2n) is 7.95. The van der Waals surface area contributed by atoms with Crippen molar-refractivity contribution in [1.82, 2.24) is 14.5 Å². The number of benzene rings is 3. The molecule has 0 fully saturated rings. The summed E-state index contributed by atoms with van der Waals surface area (Å²) in [7, 11) is 0. The van der Waals surface area contributed by atoms with E-state index in [1.54, 1.807) is 0 Å². The van der Waals surface area contributed by atoms with E-state index >= 15 is 0 Å². The van der Waals surface area contributed by atoms with Crippen molar-refractivity contribution >= 4 is 10.9 Å². The molecule has 0 saturated carbocycles. The molecule has 4 heteroatoms. The number of hydrogen-bond acceptors (Lipinski definition) is 3. The van der Waals surface area contributed by atoms with Crippen molar-refractivity contribution in [3.05, 3.63) is 115 Å². The quantitative estimate of drug-likeness (QED) is 0.296. The zero-order valence-electron chi connectivity index (χ0n) is 17.9. The van der Waals surface area contributed by atoms with Crippen LogP contribution >= 0.6 is 0 Å². The number of imidazole rings is 1. The molecule has 0 amide bonds. The second-order valence-corrected chi connectivity index (χ2v) is 7.95. The van der Waals surface area contributed by atoms with E-state index in [4.69, 9.17) is 4.74 Å². The molecule has 5 rings (SSSR count). The minimum atomic E-state index is 0.503. The third-order valence-corrected chi connectivity index (χ3v) is 5.62. The van der Waals surface area contributed by atoms with Crippen molar-refractivity contribution in [1.29, 1.82) is 0 Å². The van der Waals surface area contributed by atoms with E-state index in [0.717, 1.165) is 41.6 Å². The summed E-state index contributed by atoms with van der Waals surface area (Å²) >= 11 is 0. The number of rotatable bonds is 8. The third kappa shape index (κ3) is 4.86. The molecule has 5 aromatic rings. The highest BCUT2D eigenvalue weighted by atomic mass is 16.5. The molecule has 0 aliphatic carbocycles. The predicted octanol–water partition coefficient (Wildman–Crippen LogP) is 6.31. The second kappa shape index (κ2) is 9.48. The van der Waals surface area contributed by atoms with Gasteiger partial charge in [-0.2, -0.15) is 0 Å². The Kier molecular flexibility index (Phi) is 5.93. The Hall–Kier alpha value is -3.92. The van der Waals surface area contributed by atoms with Gasteiger partial charge in [-0.1, -0.05) is 54.6 Å². The highest BCUT2D eigenvalue weighted by molar-refractivity contribution is 5.84. The van der Waals surface area contributed by atoms with Crippen LogP contribution in [0.1, 0.15) is 17.5 Å². The van der Waals surface area contributed by atoms with Crippen molar-refractivity contribution in [2.24, 2.45) is 0 Å². The Balaban J connectivity index is 1.18. The highest BCUT2D eigenvalue weighted by Gasteiger charge is 2.04. The molecule has 0 aliphatic rings. The molecular weight excluding hydrogens is 394 g/mol. The van der Waals surface area contributed by atoms with Gasteiger partial charge in [-0.05, 0) is 53.8 Å². The Morgan fingerprint density at radius 2 is 1.69 bits per heavy atom. The van der Waals surface area contributed by atoms with Gasteiger partial charge in [0, 0.05) is 36.1 Å². The van der Waals surface area contributed by atoms with Crippen LogP contribution in [0.5, 0.6) is 5.75 Å². The van der Waals surface area contributed by atoms with Crippen LogP contribution in [0.4, 0.5) is 0 Å². The summed E-state index contributed by atoms with van der Waals surface area (Å²) in [5.41, 5.74) is 5.76. The van der Waals surface area contributed by atoms with Crippen LogP contribution in [0.3, 0.4) is 0 Å². The van der Waals surface area contributed by atoms with E-state index in [9.17, 15) is 0 Å². The zero-order valence-corrected chi connectivity index (χ0v) is 17.9. The van der Waals surface area contributed by atoms with E-state index in [1.165, 1.54) is 16.7 Å². The first kappa shape index (κ1) is 20.0. The molecule has 4 nitrogen and oxygen atoms in total. The van der Waals surface area contributed by atoms with Gasteiger partial charge in [-0.15, -0.1) is 0 Å². The number of fused-ring (bicyclic) bond motifs is 1. The first-order chi connectivity index (χ1) is 15.8. The maximum atomic E-state index is 6.00. The molecule has 0 radical (unpaired) electrons. The minimum Gasteiger partial charge on any atom is -0.489 e. The molecule has 3 aromatic carbocycles. The van der Waals surface area contributed by atoms with Gasteiger partial charge in [0.2, 0.25) is 0 Å². The van der Waals surface area contributed by atoms with Crippen molar-refractivity contribution in [2.75, 3.05) is 0 Å². The molecule has 0 unspecified atom stereocenters. The van der Waals surface area contributed by atoms with Crippen LogP contribution in [0, 0.1) is 0 Å². The van der Waals surface area contributed by atoms with Gasteiger partial charge < -0.3 is 9.30 Å². The fraction of sp³-hybridized carbons (Fsp3) is 0.143. The fourth-order valence-electron chi connectivity index (χ4n) is 3.86. The summed E-state index contributed by atoms with van der Waals surface area (Å²) in [6.07, 6.45) is 9.71. The van der Waals surface area contributed by atoms with E-state index in [2.05, 4.69) is 75.2 Å². The lowest BCUT2D eigenvalue weighted by Crippen LogP contribution is -1.98. The fourth-order valence-corrected chi connectivity index (χ4v) is 3.86. The van der Waals surface area contributed by atoms with Crippen LogP contribution in [0.15, 0.2) is 104 Å². The van der Waals surface area contributed by atoms with E-state index in [1.807, 2.05) is 43.1 Å². The maximum absolute atomic E-state index is 6.00. The zero-order chi connectivity index (χ0) is 21.6. The molecule has 0 N–H and O–H groups in total. The monoisotopic (exact) mass is 419 g/mol. The number of hydrogen-bond donors (Lipinski definition) is 0. The molecule has 158 valence electrons. The Bertz CT molecular complexity index is 1280. The van der Waals surface area contributed by atoms with E-state index in [0.29, 0.717) is 6.61 Å². The molecule has 2 heterocycles. The smallest absolute Gasteiger partial charge is 0.119 e. The summed E-state index contributed by atoms with van der Waals surface area (Å²) in [6.45, 7) is 1.49. The average Bonchev–Trinajstić information content (AvgIpc) is 3.37. The summed E-state index contributed by atoms with van der Waals surface area (Å²) in [5.74, 6) is 0.878. The minimum absolute atomic E-state index is 0.503. The topological polar surface area (TPSA) is 39.9 Å². The lowest BCUT2D eigenvalue weighted by Gasteiger charge is -2.09. The standard InChI is InChI=1S/C28H25N3O/c1-2-6-24(7-3-1)25-10-11-26-17-23(19-30-28(26)18-25)20-32-27-12-8-22(9-13-27)5-4-15-31-16-14-29-21-31/h1-3,6-14,16-19,21H,4-5,15,20H2. The third-order valence-electron chi connectivity index (χ3n) is 5.62. The van der Waals surface area contributed by atoms with Gasteiger partial charge in [-0.25, -0.2) is 4.98 Å². The van der Waals surface area contributed by atoms with E-state index in [-0.39, 0.29) is 0 Å². The van der Waals surface area contributed by atoms with Gasteiger partial charge in [-0.3, -0.25) is 4.98 Å². The van der Waals surface area contributed by atoms with Crippen molar-refractivity contribution in [3.8, 4) is 16.9 Å². The molecule has 0 bridgehead atoms. The largest absolute Gasteiger partial charge is 0.489 e. The molecule has 0 aliphatic heterocycles. The molecule has 32 heavy (non-hydrogen) atoms. The first-order valence-corrected chi connectivity index (χ1v) is 11.0. The number of aromatic nitrogens is 3. The van der Waals surface area contributed by atoms with Gasteiger partial charge >= 0.3 is 0 Å². The lowest BCUT2D eigenvalue weighted by atomic mass is 10.0. The molecular formula is C28H25N3O. The van der Waals surface area contributed by atoms with Crippen LogP contribution in [-0.2, 0) is 19.6 Å². The molecule has 0 saturated heterocycles. The Morgan fingerprint density at radius 1 is 0.812 bits per heavy atom. The number of nitrogens with zero attached hydrogens (tertiary/aromatic N) is 3. The highest BCUT2D eigenvalue weighted by Crippen LogP contribution is 2.24. The van der Waals surface area contributed by atoms with Crippen molar-refractivity contribution in [3.63, 3.8) is 0 Å². The summed E-state index contributed by atoms with van der Waals surface area (Å²) in [6, 6.07) is 27.3. The van der Waals surface area contributed by atoms with Crippen LogP contribution < -0.4 is 4.74 Å². The Labute approximate surface area is 188 Å². The lowest BCUT2D eigenvalue weighted by molar-refractivity contribution is 0.306.